The Morgan fingerprint density at radius 3 is 1.32 bits per heavy atom. The Bertz CT molecular complexity index is 5340. The normalized spacial score (nSPS) is 15.9. The van der Waals surface area contributed by atoms with Gasteiger partial charge in [0.25, 0.3) is 5.56 Å². The standard InChI is InChI=1S/C15H18O3.C13H11ClN2.C13H14N4.C13H14N2O.C13H12N2O.C13H14O3.C11H12O.C2H6O.CH4.Cl3OP.Db.2H4N2.H2O.H/c1-2-18-14(16)10-12-8-5-7-11-6-3-4-9-13(11)15(12)17;14-12-8-10-6-3-5-9-4-1-2-7-11(9)13(10)16-15-12;14-15-12-8-10-6-3-5-9-4-1-2-7-11(9)13(10)17-16-12;2*16-12-8-10-6-3-5-9-4-1-2-7-11(9)13(10)15-14-12;14-12(15)8-10-6-3-5-9-4-1-2-7-11(9)13(10)16;12-11-8-4-2-6-9-5-1-3-7-10(9)11;1-2-3;;1-5(2,3)4;;2*1-2;;/h3-4,6,9,12H,2,5,7-8,10H2,1H3;1-2,4,7-8H,3,5-6H2;1-2,4,7-8H,3,5-6,14H2,(H,15,16);1-2,4,7,10H,3,5-6,8H2,(H,14,16);1-2,4,7-8H,3,5-6H2,(H,14,16);1-2,4,7,10H,3,5-6,8H2,(H,14,15);1,3,5,7H,2,4,6,8H2;3H,2H2,1H3;1H4;;;2*1-2H2;1H2;/q;;;;;;;;;;;;;;-1/i;;;;;;;;;;;;;;1+1. The fraction of sp³-hybridized carbons (Fsp3) is 0.351. The van der Waals surface area contributed by atoms with Crippen molar-refractivity contribution in [1.29, 1.82) is 0 Å². The summed E-state index contributed by atoms with van der Waals surface area (Å²) in [4.78, 5) is 80.7. The van der Waals surface area contributed by atoms with Crippen LogP contribution in [0.15, 0.2) is 198 Å². The molecule has 3 unspecified atom stereocenters. The number of benzene rings is 7. The molecule has 17 N–H and O–H groups in total. The Morgan fingerprint density at radius 1 is 0.492 bits per heavy atom. The number of aliphatic carboxylic acids is 1. The molecule has 8 aliphatic rings. The van der Waals surface area contributed by atoms with Gasteiger partial charge < -0.3 is 27.3 Å². The van der Waals surface area contributed by atoms with E-state index in [4.69, 9.17) is 32.4 Å². The molecule has 0 bridgehead atoms. The van der Waals surface area contributed by atoms with E-state index in [1.54, 1.807) is 26.0 Å². The first-order valence-electron chi connectivity index (χ1n) is 41.4. The van der Waals surface area contributed by atoms with E-state index in [1.807, 2.05) is 97.1 Å². The van der Waals surface area contributed by atoms with Crippen molar-refractivity contribution < 1.29 is 55.2 Å². The number of anilines is 1. The van der Waals surface area contributed by atoms with Gasteiger partial charge in [0.05, 0.1) is 42.2 Å². The van der Waals surface area contributed by atoms with Crippen LogP contribution in [0.4, 0.5) is 5.82 Å². The predicted molar refractivity (Wildman–Crippen MR) is 499 cm³/mol. The number of aromatic nitrogens is 6. The van der Waals surface area contributed by atoms with E-state index >= 15 is 0 Å². The zero-order valence-electron chi connectivity index (χ0n) is 71.5. The van der Waals surface area contributed by atoms with Crippen LogP contribution in [-0.4, -0.2) is 100 Å². The van der Waals surface area contributed by atoms with Gasteiger partial charge in [-0.15, -0.1) is 20.4 Å². The van der Waals surface area contributed by atoms with E-state index in [-0.39, 0.29) is 74.6 Å². The number of aliphatic hydroxyl groups excluding tert-OH is 1. The SMILES string of the molecule is C.CCO.CCOC(=O)CC1CCCc2ccccc2C1=O.Clc1cc2c(nn1)-c1ccccc1CCC2.NN.NN.NNc1cc2c(nn1)-c1ccccc1CCC2.O.O=C(O)CC1CCCc2ccccc2C1=O.O=C1CC2CCCc3ccccc3C2=NN1.O=C1CCCCc2ccccc21.O=P(Cl)(Cl)Cl.O=c1cc2c(n[nH]1)-c1ccccc1CCC2.[2H-].[Db]. The zero-order chi connectivity index (χ0) is 88.6. The third-order valence-corrected chi connectivity index (χ3v) is 21.7. The fourth-order valence-electron chi connectivity index (χ4n) is 16.1. The number of aliphatic hydroxyl groups is 1. The fourth-order valence-corrected chi connectivity index (χ4v) is 16.2. The number of hydrogen-bond acceptors (Lipinski definition) is 22. The number of Topliss-reactive ketones (excluding diaryl/α,β-unsaturated/α-hetero) is 3. The molecular weight excluding hydrogens is 1960 g/mol. The molecule has 7 aliphatic carbocycles. The van der Waals surface area contributed by atoms with Gasteiger partial charge >= 0.3 is 17.1 Å². The van der Waals surface area contributed by atoms with Crippen LogP contribution in [0.25, 0.3) is 33.8 Å². The summed E-state index contributed by atoms with van der Waals surface area (Å²) >= 11 is 19.7. The summed E-state index contributed by atoms with van der Waals surface area (Å²) in [7, 11) is 0. The number of rotatable bonds is 6. The summed E-state index contributed by atoms with van der Waals surface area (Å²) in [6, 6.07) is 62.3. The molecule has 1 amide bonds. The van der Waals surface area contributed by atoms with E-state index < -0.39 is 11.2 Å². The van der Waals surface area contributed by atoms with Crippen LogP contribution in [-0.2, 0) is 87.9 Å². The van der Waals surface area contributed by atoms with Gasteiger partial charge in [-0.1, -0.05) is 189 Å². The molecule has 0 fully saturated rings. The maximum atomic E-state index is 12.4. The number of carboxylic acid groups (broad SMARTS) is 1. The number of hydrazone groups is 1. The summed E-state index contributed by atoms with van der Waals surface area (Å²) in [5.74, 6) is 21.0. The van der Waals surface area contributed by atoms with Gasteiger partial charge in [-0.3, -0.25) is 61.5 Å². The molecule has 26 nitrogen and oxygen atoms in total. The number of hydrogen-bond donors (Lipinski definition) is 10. The van der Waals surface area contributed by atoms with Gasteiger partial charge in [-0.2, -0.15) is 10.2 Å². The zero-order valence-corrected chi connectivity index (χ0v) is 80.9. The van der Waals surface area contributed by atoms with Gasteiger partial charge in [0.2, 0.25) is 5.91 Å². The van der Waals surface area contributed by atoms with Crippen molar-refractivity contribution in [3.8, 4) is 33.8 Å². The minimum atomic E-state index is -3.22. The number of carboxylic acids is 1. The molecule has 18 rings (SSSR count). The maximum absolute atomic E-state index is 12.4. The number of carbonyl (C=O) groups is 6. The number of aryl methyl sites for hydroxylation is 10. The molecule has 1 aliphatic heterocycles. The third-order valence-electron chi connectivity index (χ3n) is 21.5. The maximum Gasteiger partial charge on any atom is 0.339 e. The molecule has 0 saturated carbocycles. The molecule has 7 aromatic carbocycles. The van der Waals surface area contributed by atoms with Crippen molar-refractivity contribution in [2.75, 3.05) is 18.6 Å². The van der Waals surface area contributed by atoms with E-state index in [0.29, 0.717) is 47.7 Å². The third kappa shape index (κ3) is 31.9. The van der Waals surface area contributed by atoms with Crippen LogP contribution >= 0.6 is 50.5 Å². The number of nitrogen functional groups attached to an aromatic ring is 1. The monoisotopic (exact) mass is 2070 g/mol. The molecule has 670 valence electrons. The second-order valence-corrected chi connectivity index (χ2v) is 36.8. The van der Waals surface area contributed by atoms with Gasteiger partial charge in [0, 0.05) is 82.2 Å². The Morgan fingerprint density at radius 2 is 0.849 bits per heavy atom. The van der Waals surface area contributed by atoms with Crippen molar-refractivity contribution in [2.24, 2.45) is 52.1 Å². The molecule has 126 heavy (non-hydrogen) atoms. The Kier molecular flexibility index (Phi) is 46.0. The van der Waals surface area contributed by atoms with E-state index in [9.17, 15) is 38.1 Å². The summed E-state index contributed by atoms with van der Waals surface area (Å²) < 4.78 is 14.4. The Hall–Kier alpha value is -11.4. The van der Waals surface area contributed by atoms with Gasteiger partial charge in [0.1, 0.15) is 0 Å². The first kappa shape index (κ1) is 105. The summed E-state index contributed by atoms with van der Waals surface area (Å²) in [6.45, 7) is 4.08. The quantitative estimate of drug-likeness (QED) is 0.0243. The van der Waals surface area contributed by atoms with Crippen LogP contribution < -0.4 is 45.6 Å². The van der Waals surface area contributed by atoms with E-state index in [0.717, 1.165) is 191 Å². The number of nitrogens with two attached hydrogens (primary N) is 5. The van der Waals surface area contributed by atoms with Crippen molar-refractivity contribution in [1.82, 2.24) is 36.0 Å². The molecule has 3 aromatic heterocycles. The minimum Gasteiger partial charge on any atom is -1.00 e. The first-order chi connectivity index (χ1) is 59.6. The topological polar surface area (TPSA) is 465 Å². The summed E-state index contributed by atoms with van der Waals surface area (Å²) in [5, 5.41) is 41.1. The number of halogens is 4. The molecule has 3 atom stereocenters. The summed E-state index contributed by atoms with van der Waals surface area (Å²) in [5.41, 5.74) is 28.6. The first-order valence-corrected chi connectivity index (χ1v) is 46.2. The average Bonchev–Trinajstić information content (AvgIpc) is 1.77. The van der Waals surface area contributed by atoms with Crippen LogP contribution in [0.2, 0.25) is 5.15 Å². The second kappa shape index (κ2) is 55.1. The number of nitrogens with zero attached hydrogens (tertiary/aromatic N) is 6. The number of hydrazine groups is 3. The minimum absolute atomic E-state index is 0. The second-order valence-electron chi connectivity index (χ2n) is 29.7. The number of fused-ring (bicyclic) bond motifs is 15. The molecular formula is C94H116Cl4DbN14O12P-. The van der Waals surface area contributed by atoms with Crippen LogP contribution in [0.5, 0.6) is 0 Å². The van der Waals surface area contributed by atoms with E-state index in [1.165, 1.54) is 55.6 Å². The number of carbonyl (C=O) groups excluding carboxylic acids is 5. The van der Waals surface area contributed by atoms with Crippen molar-refractivity contribution in [3.05, 3.63) is 281 Å². The molecule has 0 radical (unpaired) electrons. The number of ether oxygens (including phenoxy) is 1. The van der Waals surface area contributed by atoms with Gasteiger partial charge in [0.15, 0.2) is 28.3 Å². The Balaban J connectivity index is 0.000000303. The predicted octanol–water partition coefficient (Wildman–Crippen LogP) is 17.0. The molecule has 4 heterocycles. The largest absolute Gasteiger partial charge is 1.00 e. The number of aromatic amines is 1. The average molecular weight is 2080 g/mol. The number of esters is 1. The molecule has 32 heteroatoms. The molecule has 10 aromatic rings. The number of nitrogens with one attached hydrogen (secondary N) is 3. The van der Waals surface area contributed by atoms with E-state index in [2.05, 4.69) is 183 Å². The van der Waals surface area contributed by atoms with Crippen LogP contribution in [0.3, 0.4) is 0 Å². The van der Waals surface area contributed by atoms with Gasteiger partial charge in [-0.25, -0.2) is 16.4 Å². The summed E-state index contributed by atoms with van der Waals surface area (Å²) in [6.07, 6.45) is 22.8. The van der Waals surface area contributed by atoms with Crippen molar-refractivity contribution >= 4 is 97.2 Å². The molecule has 0 spiro atoms. The number of H-pyrrole nitrogens is 1. The Labute approximate surface area is 751 Å². The number of ketones is 3. The smallest absolute Gasteiger partial charge is 0.339 e. The van der Waals surface area contributed by atoms with Crippen LogP contribution in [0.1, 0.15) is 211 Å². The van der Waals surface area contributed by atoms with Crippen molar-refractivity contribution in [2.45, 2.75) is 182 Å². The van der Waals surface area contributed by atoms with Gasteiger partial charge in [-0.05, 0) is 250 Å². The number of amides is 1. The molecule has 0 saturated heterocycles. The van der Waals surface area contributed by atoms with Crippen LogP contribution in [0, 0.1) is 17.8 Å². The van der Waals surface area contributed by atoms with Crippen molar-refractivity contribution in [3.63, 3.8) is 0 Å².